The highest BCUT2D eigenvalue weighted by molar-refractivity contribution is 7.88. The predicted molar refractivity (Wildman–Crippen MR) is 93.9 cm³/mol. The number of rotatable bonds is 6. The lowest BCUT2D eigenvalue weighted by molar-refractivity contribution is -0.383. The average Bonchev–Trinajstić information content (AvgIpc) is 2.54. The molecule has 138 valence electrons. The molecule has 2 rings (SSSR count). The average molecular weight is 370 g/mol. The third-order valence-electron chi connectivity index (χ3n) is 4.07. The lowest BCUT2D eigenvalue weighted by Crippen LogP contribution is -2.47. The van der Waals surface area contributed by atoms with Crippen LogP contribution < -0.4 is 10.0 Å². The fourth-order valence-corrected chi connectivity index (χ4v) is 3.39. The first-order valence-corrected chi connectivity index (χ1v) is 9.93. The van der Waals surface area contributed by atoms with Gasteiger partial charge in [-0.05, 0) is 31.7 Å². The van der Waals surface area contributed by atoms with E-state index in [0.29, 0.717) is 13.0 Å². The van der Waals surface area contributed by atoms with E-state index >= 15 is 0 Å². The number of nitro groups is 1. The maximum Gasteiger partial charge on any atom is 0.322 e. The Morgan fingerprint density at radius 2 is 2.08 bits per heavy atom. The number of hydrogen-bond acceptors (Lipinski definition) is 5. The second-order valence-corrected chi connectivity index (χ2v) is 7.84. The third-order valence-corrected chi connectivity index (χ3v) is 4.80. The SMILES string of the molecule is CS(=O)(=O)NCC[C@@H]1CCCCN1C(=O)Nc1ccccc1[N+](=O)[O-]. The van der Waals surface area contributed by atoms with Crippen LogP contribution in [0.1, 0.15) is 25.7 Å². The Morgan fingerprint density at radius 1 is 1.36 bits per heavy atom. The number of nitro benzene ring substituents is 1. The minimum absolute atomic E-state index is 0.106. The van der Waals surface area contributed by atoms with E-state index in [9.17, 15) is 23.3 Å². The first kappa shape index (κ1) is 19.1. The largest absolute Gasteiger partial charge is 0.322 e. The fraction of sp³-hybridized carbons (Fsp3) is 0.533. The molecule has 10 heteroatoms. The normalized spacial score (nSPS) is 18.0. The first-order chi connectivity index (χ1) is 11.8. The van der Waals surface area contributed by atoms with Gasteiger partial charge in [0.05, 0.1) is 11.2 Å². The summed E-state index contributed by atoms with van der Waals surface area (Å²) < 4.78 is 24.8. The van der Waals surface area contributed by atoms with Crippen molar-refractivity contribution in [2.75, 3.05) is 24.7 Å². The molecule has 0 unspecified atom stereocenters. The second kappa shape index (κ2) is 8.26. The molecular formula is C15H22N4O5S. The van der Waals surface area contributed by atoms with Crippen LogP contribution in [0, 0.1) is 10.1 Å². The van der Waals surface area contributed by atoms with Crippen LogP contribution in [0.3, 0.4) is 0 Å². The molecule has 1 aliphatic heterocycles. The van der Waals surface area contributed by atoms with Crippen LogP contribution in [0.25, 0.3) is 0 Å². The van der Waals surface area contributed by atoms with Gasteiger partial charge in [0.25, 0.3) is 5.69 Å². The number of sulfonamides is 1. The number of hydrogen-bond donors (Lipinski definition) is 2. The summed E-state index contributed by atoms with van der Waals surface area (Å²) in [5.41, 5.74) is -0.0146. The van der Waals surface area contributed by atoms with Crippen LogP contribution in [0.5, 0.6) is 0 Å². The van der Waals surface area contributed by atoms with Gasteiger partial charge in [-0.15, -0.1) is 0 Å². The van der Waals surface area contributed by atoms with Gasteiger partial charge in [-0.1, -0.05) is 12.1 Å². The topological polar surface area (TPSA) is 122 Å². The molecule has 0 saturated carbocycles. The summed E-state index contributed by atoms with van der Waals surface area (Å²) in [4.78, 5) is 24.7. The van der Waals surface area contributed by atoms with Crippen LogP contribution >= 0.6 is 0 Å². The van der Waals surface area contributed by atoms with Crippen LogP contribution in [0.4, 0.5) is 16.2 Å². The summed E-state index contributed by atoms with van der Waals surface area (Å²) in [6, 6.07) is 5.46. The highest BCUT2D eigenvalue weighted by Crippen LogP contribution is 2.25. The van der Waals surface area contributed by atoms with Gasteiger partial charge < -0.3 is 10.2 Å². The Balaban J connectivity index is 2.04. The van der Waals surface area contributed by atoms with Crippen LogP contribution in [-0.2, 0) is 10.0 Å². The van der Waals surface area contributed by atoms with E-state index in [4.69, 9.17) is 0 Å². The van der Waals surface area contributed by atoms with Crippen molar-refractivity contribution in [1.29, 1.82) is 0 Å². The number of anilines is 1. The van der Waals surface area contributed by atoms with E-state index in [1.165, 1.54) is 18.2 Å². The zero-order valence-electron chi connectivity index (χ0n) is 14.0. The van der Waals surface area contributed by atoms with E-state index < -0.39 is 21.0 Å². The second-order valence-electron chi connectivity index (χ2n) is 6.00. The molecule has 1 saturated heterocycles. The molecule has 2 amide bonds. The lowest BCUT2D eigenvalue weighted by Gasteiger charge is -2.35. The number of nitrogens with one attached hydrogen (secondary N) is 2. The quantitative estimate of drug-likeness (QED) is 0.585. The number of carbonyl (C=O) groups excluding carboxylic acids is 1. The number of piperidine rings is 1. The number of carbonyl (C=O) groups is 1. The lowest BCUT2D eigenvalue weighted by atomic mass is 10.00. The number of benzene rings is 1. The fourth-order valence-electron chi connectivity index (χ4n) is 2.90. The Kier molecular flexibility index (Phi) is 6.32. The summed E-state index contributed by atoms with van der Waals surface area (Å²) in [5.74, 6) is 0. The van der Waals surface area contributed by atoms with Crippen molar-refractivity contribution in [3.8, 4) is 0 Å². The standard InChI is InChI=1S/C15H22N4O5S/c1-25(23,24)16-10-9-12-6-4-5-11-18(12)15(20)17-13-7-2-3-8-14(13)19(21)22/h2-3,7-8,12,16H,4-6,9-11H2,1H3,(H,17,20)/t12-/m0/s1. The van der Waals surface area contributed by atoms with E-state index in [0.717, 1.165) is 25.5 Å². The maximum absolute atomic E-state index is 12.6. The molecule has 0 bridgehead atoms. The Labute approximate surface area is 146 Å². The molecule has 25 heavy (non-hydrogen) atoms. The third kappa shape index (κ3) is 5.68. The molecular weight excluding hydrogens is 348 g/mol. The van der Waals surface area contributed by atoms with Crippen molar-refractivity contribution in [2.24, 2.45) is 0 Å². The number of amides is 2. The Morgan fingerprint density at radius 3 is 2.76 bits per heavy atom. The van der Waals surface area contributed by atoms with Gasteiger partial charge in [0.15, 0.2) is 0 Å². The number of likely N-dealkylation sites (tertiary alicyclic amines) is 1. The molecule has 1 aliphatic rings. The van der Waals surface area contributed by atoms with E-state index in [2.05, 4.69) is 10.0 Å². The minimum atomic E-state index is -3.27. The molecule has 1 aromatic rings. The van der Waals surface area contributed by atoms with Gasteiger partial charge in [0.1, 0.15) is 5.69 Å². The van der Waals surface area contributed by atoms with E-state index in [-0.39, 0.29) is 24.0 Å². The van der Waals surface area contributed by atoms with Crippen molar-refractivity contribution < 1.29 is 18.1 Å². The minimum Gasteiger partial charge on any atom is -0.322 e. The van der Waals surface area contributed by atoms with E-state index in [1.54, 1.807) is 11.0 Å². The summed E-state index contributed by atoms with van der Waals surface area (Å²) in [7, 11) is -3.27. The highest BCUT2D eigenvalue weighted by atomic mass is 32.2. The van der Waals surface area contributed by atoms with Gasteiger partial charge in [0.2, 0.25) is 10.0 Å². The smallest absolute Gasteiger partial charge is 0.322 e. The molecule has 1 aromatic carbocycles. The highest BCUT2D eigenvalue weighted by Gasteiger charge is 2.28. The van der Waals surface area contributed by atoms with Crippen molar-refractivity contribution in [1.82, 2.24) is 9.62 Å². The molecule has 0 aromatic heterocycles. The van der Waals surface area contributed by atoms with Crippen molar-refractivity contribution in [3.63, 3.8) is 0 Å². The Bertz CT molecular complexity index is 737. The molecule has 0 radical (unpaired) electrons. The van der Waals surface area contributed by atoms with Crippen LogP contribution in [-0.4, -0.2) is 49.7 Å². The van der Waals surface area contributed by atoms with Gasteiger partial charge in [-0.3, -0.25) is 10.1 Å². The summed E-state index contributed by atoms with van der Waals surface area (Å²) in [6.07, 6.45) is 4.17. The van der Waals surface area contributed by atoms with Crippen LogP contribution in [0.2, 0.25) is 0 Å². The molecule has 1 heterocycles. The molecule has 0 aliphatic carbocycles. The molecule has 2 N–H and O–H groups in total. The van der Waals surface area contributed by atoms with E-state index in [1.807, 2.05) is 0 Å². The molecule has 0 spiro atoms. The first-order valence-electron chi connectivity index (χ1n) is 8.03. The zero-order chi connectivity index (χ0) is 18.4. The molecule has 1 atom stereocenters. The summed E-state index contributed by atoms with van der Waals surface area (Å²) in [6.45, 7) is 0.786. The number of urea groups is 1. The molecule has 1 fully saturated rings. The van der Waals surface area contributed by atoms with Gasteiger partial charge in [-0.2, -0.15) is 0 Å². The number of nitrogens with zero attached hydrogens (tertiary/aromatic N) is 2. The molecule has 9 nitrogen and oxygen atoms in total. The van der Waals surface area contributed by atoms with Crippen molar-refractivity contribution in [2.45, 2.75) is 31.7 Å². The summed E-state index contributed by atoms with van der Waals surface area (Å²) >= 11 is 0. The predicted octanol–water partition coefficient (Wildman–Crippen LogP) is 1.92. The monoisotopic (exact) mass is 370 g/mol. The van der Waals surface area contributed by atoms with Crippen molar-refractivity contribution >= 4 is 27.4 Å². The Hall–Kier alpha value is -2.20. The van der Waals surface area contributed by atoms with Gasteiger partial charge in [0, 0.05) is 25.2 Å². The van der Waals surface area contributed by atoms with Gasteiger partial charge in [-0.25, -0.2) is 17.9 Å². The van der Waals surface area contributed by atoms with Crippen molar-refractivity contribution in [3.05, 3.63) is 34.4 Å². The maximum atomic E-state index is 12.6. The zero-order valence-corrected chi connectivity index (χ0v) is 14.8. The summed E-state index contributed by atoms with van der Waals surface area (Å²) in [5, 5.41) is 13.7. The van der Waals surface area contributed by atoms with Gasteiger partial charge >= 0.3 is 6.03 Å². The number of para-hydroxylation sites is 2. The van der Waals surface area contributed by atoms with Crippen LogP contribution in [0.15, 0.2) is 24.3 Å².